The minimum Gasteiger partial charge on any atom is -0.464 e. The molecule has 0 saturated carbocycles. The van der Waals surface area contributed by atoms with Gasteiger partial charge in [-0.05, 0) is 108 Å². The number of hydrogen-bond acceptors (Lipinski definition) is 10. The van der Waals surface area contributed by atoms with Crippen LogP contribution in [0.15, 0.2) is 0 Å². The van der Waals surface area contributed by atoms with E-state index in [1.807, 2.05) is 0 Å². The zero-order chi connectivity index (χ0) is 35.3. The van der Waals surface area contributed by atoms with Gasteiger partial charge in [-0.25, -0.2) is 0 Å². The van der Waals surface area contributed by atoms with Crippen LogP contribution in [-0.4, -0.2) is 108 Å². The Bertz CT molecular complexity index is 954. The number of ether oxygens (including phenoxy) is 4. The molecule has 2 aliphatic rings. The Labute approximate surface area is 279 Å². The van der Waals surface area contributed by atoms with Gasteiger partial charge in [0.05, 0.1) is 18.6 Å². The molecular weight excluding hydrogens is 588 g/mol. The predicted molar refractivity (Wildman–Crippen MR) is 181 cm³/mol. The van der Waals surface area contributed by atoms with Gasteiger partial charge in [0.15, 0.2) is 0 Å². The van der Waals surface area contributed by atoms with Crippen molar-refractivity contribution in [2.24, 2.45) is 0 Å². The molecule has 0 radical (unpaired) electrons. The average Bonchev–Trinajstić information content (AvgIpc) is 2.91. The highest BCUT2D eigenvalue weighted by Gasteiger charge is 2.46. The first-order valence-corrected chi connectivity index (χ1v) is 17.1. The monoisotopic (exact) mass is 654 g/mol. The zero-order valence-electron chi connectivity index (χ0n) is 31.2. The molecule has 0 bridgehead atoms. The van der Waals surface area contributed by atoms with Crippen LogP contribution in [0.2, 0.25) is 0 Å². The fourth-order valence-corrected chi connectivity index (χ4v) is 7.56. The molecule has 2 saturated heterocycles. The molecule has 2 fully saturated rings. The summed E-state index contributed by atoms with van der Waals surface area (Å²) in [5.41, 5.74) is 0.00901. The molecule has 0 aromatic rings. The molecule has 268 valence electrons. The molecule has 10 heteroatoms. The lowest BCUT2D eigenvalue weighted by atomic mass is 9.78. The molecule has 0 unspecified atom stereocenters. The molecule has 2 heterocycles. The molecular formula is C36H66N2O8. The van der Waals surface area contributed by atoms with Crippen molar-refractivity contribution in [3.05, 3.63) is 0 Å². The maximum Gasteiger partial charge on any atom is 0.306 e. The number of unbranched alkanes of at least 4 members (excludes halogenated alkanes) is 1. The van der Waals surface area contributed by atoms with E-state index in [1.165, 1.54) is 6.92 Å². The SMILES string of the molecule is COC1CC(C)(C)N(CCOC(=O)CCC(C)=O)C(C)(C)C1.COC1CC(C)(C)N(CCOC(=O)CCCCC(C)=O)C(C)(C)C1. The number of esters is 2. The summed E-state index contributed by atoms with van der Waals surface area (Å²) in [6, 6.07) is 0. The smallest absolute Gasteiger partial charge is 0.306 e. The largest absolute Gasteiger partial charge is 0.464 e. The molecule has 0 aliphatic carbocycles. The molecule has 2 aliphatic heterocycles. The van der Waals surface area contributed by atoms with Gasteiger partial charge in [-0.3, -0.25) is 19.4 Å². The third kappa shape index (κ3) is 14.5. The van der Waals surface area contributed by atoms with Gasteiger partial charge < -0.3 is 28.5 Å². The summed E-state index contributed by atoms with van der Waals surface area (Å²) in [6.07, 6.45) is 7.27. The van der Waals surface area contributed by atoms with Crippen LogP contribution in [0.25, 0.3) is 0 Å². The van der Waals surface area contributed by atoms with E-state index in [2.05, 4.69) is 65.2 Å². The number of ketones is 2. The lowest BCUT2D eigenvalue weighted by Gasteiger charge is -2.55. The van der Waals surface area contributed by atoms with Crippen molar-refractivity contribution in [1.82, 2.24) is 9.80 Å². The summed E-state index contributed by atoms with van der Waals surface area (Å²) < 4.78 is 21.8. The van der Waals surface area contributed by atoms with Crippen LogP contribution in [0, 0.1) is 0 Å². The molecule has 0 N–H and O–H groups in total. The molecule has 0 amide bonds. The quantitative estimate of drug-likeness (QED) is 0.147. The van der Waals surface area contributed by atoms with Crippen LogP contribution in [0.3, 0.4) is 0 Å². The lowest BCUT2D eigenvalue weighted by molar-refractivity contribution is -0.148. The second-order valence-corrected chi connectivity index (χ2v) is 15.6. The topological polar surface area (TPSA) is 112 Å². The Morgan fingerprint density at radius 1 is 0.543 bits per heavy atom. The first kappa shape index (κ1) is 42.1. The van der Waals surface area contributed by atoms with Gasteiger partial charge in [-0.1, -0.05) is 0 Å². The number of rotatable bonds is 16. The van der Waals surface area contributed by atoms with Crippen LogP contribution >= 0.6 is 0 Å². The van der Waals surface area contributed by atoms with Crippen LogP contribution < -0.4 is 0 Å². The van der Waals surface area contributed by atoms with E-state index in [0.717, 1.165) is 38.6 Å². The van der Waals surface area contributed by atoms with Gasteiger partial charge in [0.2, 0.25) is 0 Å². The summed E-state index contributed by atoms with van der Waals surface area (Å²) in [6.45, 7) is 23.0. The van der Waals surface area contributed by atoms with E-state index in [0.29, 0.717) is 39.0 Å². The lowest BCUT2D eigenvalue weighted by Crippen LogP contribution is -2.62. The Morgan fingerprint density at radius 2 is 0.870 bits per heavy atom. The van der Waals surface area contributed by atoms with Crippen molar-refractivity contribution in [1.29, 1.82) is 0 Å². The van der Waals surface area contributed by atoms with Crippen molar-refractivity contribution < 1.29 is 38.1 Å². The van der Waals surface area contributed by atoms with Crippen molar-refractivity contribution in [3.8, 4) is 0 Å². The van der Waals surface area contributed by atoms with Gasteiger partial charge in [-0.2, -0.15) is 0 Å². The van der Waals surface area contributed by atoms with E-state index in [1.54, 1.807) is 21.1 Å². The second-order valence-electron chi connectivity index (χ2n) is 15.6. The Kier molecular flexibility index (Phi) is 17.0. The third-order valence-corrected chi connectivity index (χ3v) is 9.50. The molecule has 0 atom stereocenters. The number of methoxy groups -OCH3 is 2. The molecule has 0 aromatic carbocycles. The van der Waals surface area contributed by atoms with Gasteiger partial charge in [0.1, 0.15) is 24.8 Å². The summed E-state index contributed by atoms with van der Waals surface area (Å²) in [4.78, 5) is 50.0. The summed E-state index contributed by atoms with van der Waals surface area (Å²) in [5.74, 6) is -0.272. The predicted octanol–water partition coefficient (Wildman–Crippen LogP) is 5.91. The molecule has 10 nitrogen and oxygen atoms in total. The fraction of sp³-hybridized carbons (Fsp3) is 0.889. The first-order chi connectivity index (χ1) is 21.2. The van der Waals surface area contributed by atoms with Crippen LogP contribution in [-0.2, 0) is 38.1 Å². The number of likely N-dealkylation sites (tertiary alicyclic amines) is 2. The molecule has 46 heavy (non-hydrogen) atoms. The minimum atomic E-state index is -0.294. The highest BCUT2D eigenvalue weighted by Crippen LogP contribution is 2.40. The number of hydrogen-bond donors (Lipinski definition) is 0. The standard InChI is InChI=1S/C19H35NO4.C17H31NO4/c1-15(21)9-7-8-10-17(22)24-12-11-20-18(2,3)13-16(23-6)14-19(20,4)5;1-13(19)7-8-15(20)22-10-9-18-16(2,3)11-14(21-6)12-17(18,4)5/h16H,7-14H2,1-6H3;14H,7-12H2,1-6H3. The highest BCUT2D eigenvalue weighted by molar-refractivity contribution is 5.81. The zero-order valence-corrected chi connectivity index (χ0v) is 31.2. The van der Waals surface area contributed by atoms with Crippen molar-refractivity contribution in [3.63, 3.8) is 0 Å². The van der Waals surface area contributed by atoms with E-state index >= 15 is 0 Å². The van der Waals surface area contributed by atoms with Crippen molar-refractivity contribution in [2.75, 3.05) is 40.5 Å². The number of Topliss-reactive ketones (excluding diaryl/α,β-unsaturated/α-hetero) is 2. The van der Waals surface area contributed by atoms with Crippen molar-refractivity contribution >= 4 is 23.5 Å². The summed E-state index contributed by atoms with van der Waals surface area (Å²) >= 11 is 0. The van der Waals surface area contributed by atoms with E-state index in [9.17, 15) is 19.2 Å². The maximum atomic E-state index is 11.8. The summed E-state index contributed by atoms with van der Waals surface area (Å²) in [7, 11) is 3.55. The van der Waals surface area contributed by atoms with Gasteiger partial charge in [-0.15, -0.1) is 0 Å². The Morgan fingerprint density at radius 3 is 1.20 bits per heavy atom. The Hall–Kier alpha value is -1.88. The normalized spacial score (nSPS) is 21.1. The van der Waals surface area contributed by atoms with E-state index in [4.69, 9.17) is 18.9 Å². The van der Waals surface area contributed by atoms with Crippen LogP contribution in [0.1, 0.15) is 133 Å². The van der Waals surface area contributed by atoms with Crippen LogP contribution in [0.5, 0.6) is 0 Å². The Balaban J connectivity index is 0.000000462. The van der Waals surface area contributed by atoms with Gasteiger partial charge >= 0.3 is 11.9 Å². The van der Waals surface area contributed by atoms with Gasteiger partial charge in [0, 0.05) is 68.7 Å². The van der Waals surface area contributed by atoms with E-state index < -0.39 is 0 Å². The molecule has 2 rings (SSSR count). The number of carbonyl (C=O) groups excluding carboxylic acids is 4. The van der Waals surface area contributed by atoms with Crippen LogP contribution in [0.4, 0.5) is 0 Å². The third-order valence-electron chi connectivity index (χ3n) is 9.50. The number of piperidine rings is 2. The molecule has 0 aromatic heterocycles. The average molecular weight is 655 g/mol. The van der Waals surface area contributed by atoms with Gasteiger partial charge in [0.25, 0.3) is 0 Å². The molecule has 0 spiro atoms. The highest BCUT2D eigenvalue weighted by atomic mass is 16.5. The first-order valence-electron chi connectivity index (χ1n) is 17.1. The fourth-order valence-electron chi connectivity index (χ4n) is 7.56. The number of carbonyl (C=O) groups is 4. The van der Waals surface area contributed by atoms with E-state index in [-0.39, 0.29) is 70.7 Å². The number of nitrogens with zero attached hydrogens (tertiary/aromatic N) is 2. The maximum absolute atomic E-state index is 11.8. The second kappa shape index (κ2) is 18.6. The van der Waals surface area contributed by atoms with Crippen molar-refractivity contribution in [2.45, 2.75) is 168 Å². The minimum absolute atomic E-state index is 0.00574. The summed E-state index contributed by atoms with van der Waals surface area (Å²) in [5, 5.41) is 0.